The van der Waals surface area contributed by atoms with Crippen LogP contribution < -0.4 is 0 Å². The van der Waals surface area contributed by atoms with Gasteiger partial charge >= 0.3 is 0 Å². The molecular formula is C9H10N2S. The van der Waals surface area contributed by atoms with Crippen molar-refractivity contribution in [1.29, 1.82) is 0 Å². The van der Waals surface area contributed by atoms with Gasteiger partial charge in [-0.05, 0) is 24.4 Å². The van der Waals surface area contributed by atoms with Gasteiger partial charge in [0.05, 0.1) is 4.88 Å². The van der Waals surface area contributed by atoms with E-state index in [2.05, 4.69) is 29.5 Å². The number of hydrogen-bond donors (Lipinski definition) is 0. The minimum absolute atomic E-state index is 1.07. The van der Waals surface area contributed by atoms with Crippen molar-refractivity contribution >= 4 is 11.3 Å². The van der Waals surface area contributed by atoms with Crippen molar-refractivity contribution in [2.24, 2.45) is 7.05 Å². The highest BCUT2D eigenvalue weighted by Gasteiger charge is 2.03. The van der Waals surface area contributed by atoms with E-state index in [0.29, 0.717) is 0 Å². The van der Waals surface area contributed by atoms with E-state index in [4.69, 9.17) is 0 Å². The van der Waals surface area contributed by atoms with Crippen LogP contribution in [-0.2, 0) is 7.05 Å². The SMILES string of the molecule is Cc1cc(-c2cccs2)nn1C. The molecule has 2 heterocycles. The Kier molecular flexibility index (Phi) is 1.73. The van der Waals surface area contributed by atoms with E-state index in [0.717, 1.165) is 5.69 Å². The van der Waals surface area contributed by atoms with Crippen molar-refractivity contribution < 1.29 is 0 Å². The van der Waals surface area contributed by atoms with E-state index in [1.54, 1.807) is 11.3 Å². The summed E-state index contributed by atoms with van der Waals surface area (Å²) >= 11 is 1.72. The largest absolute Gasteiger partial charge is 0.272 e. The molecule has 0 aromatic carbocycles. The number of aryl methyl sites for hydroxylation is 2. The fourth-order valence-corrected chi connectivity index (χ4v) is 1.79. The van der Waals surface area contributed by atoms with Crippen LogP contribution >= 0.6 is 11.3 Å². The van der Waals surface area contributed by atoms with Gasteiger partial charge in [-0.3, -0.25) is 4.68 Å². The van der Waals surface area contributed by atoms with Crippen LogP contribution in [0.25, 0.3) is 10.6 Å². The molecule has 0 bridgehead atoms. The third-order valence-electron chi connectivity index (χ3n) is 1.89. The van der Waals surface area contributed by atoms with E-state index in [9.17, 15) is 0 Å². The average molecular weight is 178 g/mol. The zero-order valence-corrected chi connectivity index (χ0v) is 7.93. The van der Waals surface area contributed by atoms with Crippen LogP contribution in [0.15, 0.2) is 23.6 Å². The Hall–Kier alpha value is -1.09. The summed E-state index contributed by atoms with van der Waals surface area (Å²) < 4.78 is 1.90. The van der Waals surface area contributed by atoms with Crippen LogP contribution in [0.3, 0.4) is 0 Å². The van der Waals surface area contributed by atoms with E-state index in [1.165, 1.54) is 10.6 Å². The first-order valence-corrected chi connectivity index (χ1v) is 4.70. The number of thiophene rings is 1. The van der Waals surface area contributed by atoms with Crippen molar-refractivity contribution in [2.75, 3.05) is 0 Å². The van der Waals surface area contributed by atoms with Crippen molar-refractivity contribution in [3.8, 4) is 10.6 Å². The third-order valence-corrected chi connectivity index (χ3v) is 2.78. The average Bonchev–Trinajstić information content (AvgIpc) is 2.61. The second kappa shape index (κ2) is 2.75. The second-order valence-corrected chi connectivity index (χ2v) is 3.72. The van der Waals surface area contributed by atoms with Gasteiger partial charge in [0.15, 0.2) is 0 Å². The molecule has 0 aliphatic carbocycles. The normalized spacial score (nSPS) is 10.5. The van der Waals surface area contributed by atoms with Gasteiger partial charge in [0.2, 0.25) is 0 Å². The van der Waals surface area contributed by atoms with E-state index in [-0.39, 0.29) is 0 Å². The molecule has 62 valence electrons. The zero-order valence-electron chi connectivity index (χ0n) is 7.11. The number of hydrogen-bond acceptors (Lipinski definition) is 2. The summed E-state index contributed by atoms with van der Waals surface area (Å²) in [5.74, 6) is 0. The molecule has 0 saturated heterocycles. The molecule has 0 saturated carbocycles. The summed E-state index contributed by atoms with van der Waals surface area (Å²) in [4.78, 5) is 1.23. The molecule has 2 nitrogen and oxygen atoms in total. The molecule has 2 aromatic rings. The minimum atomic E-state index is 1.07. The molecule has 3 heteroatoms. The highest BCUT2D eigenvalue weighted by Crippen LogP contribution is 2.23. The summed E-state index contributed by atoms with van der Waals surface area (Å²) in [6.07, 6.45) is 0. The maximum atomic E-state index is 4.38. The molecule has 2 rings (SSSR count). The fourth-order valence-electron chi connectivity index (χ4n) is 1.11. The highest BCUT2D eigenvalue weighted by molar-refractivity contribution is 7.13. The quantitative estimate of drug-likeness (QED) is 0.656. The first kappa shape index (κ1) is 7.55. The first-order valence-electron chi connectivity index (χ1n) is 3.82. The molecule has 0 N–H and O–H groups in total. The molecule has 2 aromatic heterocycles. The van der Waals surface area contributed by atoms with Crippen molar-refractivity contribution in [1.82, 2.24) is 9.78 Å². The van der Waals surface area contributed by atoms with Crippen molar-refractivity contribution in [3.05, 3.63) is 29.3 Å². The van der Waals surface area contributed by atoms with Gasteiger partial charge in [-0.1, -0.05) is 6.07 Å². The van der Waals surface area contributed by atoms with Crippen LogP contribution in [0.1, 0.15) is 5.69 Å². The van der Waals surface area contributed by atoms with Crippen LogP contribution in [0, 0.1) is 6.92 Å². The Bertz CT molecular complexity index is 354. The second-order valence-electron chi connectivity index (χ2n) is 2.77. The monoisotopic (exact) mass is 178 g/mol. The fraction of sp³-hybridized carbons (Fsp3) is 0.222. The lowest BCUT2D eigenvalue weighted by atomic mass is 10.3. The van der Waals surface area contributed by atoms with Gasteiger partial charge in [-0.25, -0.2) is 0 Å². The lowest BCUT2D eigenvalue weighted by Gasteiger charge is -1.89. The van der Waals surface area contributed by atoms with E-state index >= 15 is 0 Å². The standard InChI is InChI=1S/C9H10N2S/c1-7-6-8(10-11(7)2)9-4-3-5-12-9/h3-6H,1-2H3. The lowest BCUT2D eigenvalue weighted by Crippen LogP contribution is -1.91. The lowest BCUT2D eigenvalue weighted by molar-refractivity contribution is 0.743. The molecule has 0 amide bonds. The predicted octanol–water partition coefficient (Wildman–Crippen LogP) is 2.46. The Morgan fingerprint density at radius 3 is 2.83 bits per heavy atom. The molecule has 0 aliphatic rings. The summed E-state index contributed by atoms with van der Waals surface area (Å²) in [6, 6.07) is 6.24. The molecule has 0 fully saturated rings. The minimum Gasteiger partial charge on any atom is -0.272 e. The number of aromatic nitrogens is 2. The molecule has 0 unspecified atom stereocenters. The van der Waals surface area contributed by atoms with Crippen molar-refractivity contribution in [3.63, 3.8) is 0 Å². The van der Waals surface area contributed by atoms with Crippen LogP contribution in [-0.4, -0.2) is 9.78 Å². The molecule has 0 atom stereocenters. The highest BCUT2D eigenvalue weighted by atomic mass is 32.1. The summed E-state index contributed by atoms with van der Waals surface area (Å²) in [7, 11) is 1.96. The Morgan fingerprint density at radius 2 is 2.33 bits per heavy atom. The first-order chi connectivity index (χ1) is 5.77. The maximum absolute atomic E-state index is 4.38. The summed E-state index contributed by atoms with van der Waals surface area (Å²) in [5.41, 5.74) is 2.27. The molecule has 0 radical (unpaired) electrons. The van der Waals surface area contributed by atoms with E-state index < -0.39 is 0 Å². The maximum Gasteiger partial charge on any atom is 0.102 e. The van der Waals surface area contributed by atoms with Crippen LogP contribution in [0.2, 0.25) is 0 Å². The van der Waals surface area contributed by atoms with Gasteiger partial charge < -0.3 is 0 Å². The Morgan fingerprint density at radius 1 is 1.50 bits per heavy atom. The third kappa shape index (κ3) is 1.16. The molecular weight excluding hydrogens is 168 g/mol. The van der Waals surface area contributed by atoms with Gasteiger partial charge in [0.25, 0.3) is 0 Å². The number of nitrogens with zero attached hydrogens (tertiary/aromatic N) is 2. The molecule has 0 spiro atoms. The molecule has 0 aliphatic heterocycles. The van der Waals surface area contributed by atoms with Crippen LogP contribution in [0.4, 0.5) is 0 Å². The van der Waals surface area contributed by atoms with Crippen molar-refractivity contribution in [2.45, 2.75) is 6.92 Å². The summed E-state index contributed by atoms with van der Waals surface area (Å²) in [5, 5.41) is 6.45. The van der Waals surface area contributed by atoms with Gasteiger partial charge in [0, 0.05) is 12.7 Å². The Balaban J connectivity index is 2.48. The van der Waals surface area contributed by atoms with Gasteiger partial charge in [-0.15, -0.1) is 11.3 Å². The zero-order chi connectivity index (χ0) is 8.55. The molecule has 12 heavy (non-hydrogen) atoms. The topological polar surface area (TPSA) is 17.8 Å². The Labute approximate surface area is 75.5 Å². The smallest absolute Gasteiger partial charge is 0.102 e. The predicted molar refractivity (Wildman–Crippen MR) is 51.3 cm³/mol. The van der Waals surface area contributed by atoms with E-state index in [1.807, 2.05) is 17.8 Å². The summed E-state index contributed by atoms with van der Waals surface area (Å²) in [6.45, 7) is 2.06. The van der Waals surface area contributed by atoms with Gasteiger partial charge in [0.1, 0.15) is 5.69 Å². The van der Waals surface area contributed by atoms with Crippen LogP contribution in [0.5, 0.6) is 0 Å². The number of rotatable bonds is 1. The van der Waals surface area contributed by atoms with Gasteiger partial charge in [-0.2, -0.15) is 5.10 Å².